The molecule has 276 valence electrons. The number of amides is 1. The monoisotopic (exact) mass is 793 g/mol. The van der Waals surface area contributed by atoms with Crippen molar-refractivity contribution >= 4 is 45.5 Å². The lowest BCUT2D eigenvalue weighted by atomic mass is 9.61. The predicted molar refractivity (Wildman–Crippen MR) is 131 cm³/mol. The van der Waals surface area contributed by atoms with Gasteiger partial charge in [-0.2, -0.15) is 61.1 Å². The van der Waals surface area contributed by atoms with E-state index in [0.29, 0.717) is 0 Å². The van der Waals surface area contributed by atoms with E-state index < -0.39 is 118 Å². The Hall–Kier alpha value is -1.61. The Morgan fingerprint density at radius 3 is 1.49 bits per heavy atom. The second-order valence-electron chi connectivity index (χ2n) is 12.2. The zero-order valence-corrected chi connectivity index (χ0v) is 26.8. The zero-order valence-electron chi connectivity index (χ0n) is 23.5. The first kappa shape index (κ1) is 39.8. The SMILES string of the molecule is CC(=O)NC1(C)CC2CC(C1)CC(C)(OS(=O)(=O)C(F)(F)C(F)(F)C(F)(F)S(=O)(=O)C1S(=O)(=O)C(F)(F)C(F)(F)C(F)(F)S1(=O)=O)C2. The number of hydrogen-bond acceptors (Lipinski definition) is 10. The zero-order chi connectivity index (χ0) is 37.3. The van der Waals surface area contributed by atoms with Crippen molar-refractivity contribution in [2.75, 3.05) is 0 Å². The molecule has 2 aliphatic carbocycles. The summed E-state index contributed by atoms with van der Waals surface area (Å²) >= 11 is 0. The molecular weight excluding hydrogens is 770 g/mol. The molecule has 47 heavy (non-hydrogen) atoms. The third-order valence-electron chi connectivity index (χ3n) is 7.98. The van der Waals surface area contributed by atoms with Crippen molar-refractivity contribution < 1.29 is 95.3 Å². The maximum Gasteiger partial charge on any atom is 0.439 e. The van der Waals surface area contributed by atoms with Crippen LogP contribution >= 0.6 is 0 Å². The summed E-state index contributed by atoms with van der Waals surface area (Å²) in [6, 6.07) is 0. The van der Waals surface area contributed by atoms with Gasteiger partial charge in [-0.1, -0.05) is 0 Å². The van der Waals surface area contributed by atoms with Gasteiger partial charge >= 0.3 is 43.0 Å². The third kappa shape index (κ3) is 5.24. The van der Waals surface area contributed by atoms with Crippen molar-refractivity contribution in [3.05, 3.63) is 0 Å². The second kappa shape index (κ2) is 10.5. The Morgan fingerprint density at radius 1 is 0.745 bits per heavy atom. The third-order valence-corrected chi connectivity index (χ3v) is 18.5. The van der Waals surface area contributed by atoms with Gasteiger partial charge in [0.05, 0.1) is 5.60 Å². The lowest BCUT2D eigenvalue weighted by Crippen LogP contribution is -2.73. The lowest BCUT2D eigenvalue weighted by molar-refractivity contribution is -0.249. The maximum atomic E-state index is 14.9. The van der Waals surface area contributed by atoms with E-state index in [4.69, 9.17) is 0 Å². The number of halogens is 12. The molecule has 1 heterocycles. The largest absolute Gasteiger partial charge is 0.439 e. The van der Waals surface area contributed by atoms with Gasteiger partial charge in [0.1, 0.15) is 0 Å². The number of hydrogen-bond donors (Lipinski definition) is 1. The van der Waals surface area contributed by atoms with Crippen LogP contribution in [0.1, 0.15) is 52.9 Å². The predicted octanol–water partition coefficient (Wildman–Crippen LogP) is 3.38. The molecule has 11 nitrogen and oxygen atoms in total. The molecule has 0 aromatic heterocycles. The summed E-state index contributed by atoms with van der Waals surface area (Å²) in [6.45, 7) is 3.45. The summed E-state index contributed by atoms with van der Waals surface area (Å²) < 4.78 is 267. The summed E-state index contributed by atoms with van der Waals surface area (Å²) in [6.07, 6.45) is -0.876. The van der Waals surface area contributed by atoms with Crippen molar-refractivity contribution in [1.29, 1.82) is 0 Å². The smallest absolute Gasteiger partial charge is 0.351 e. The van der Waals surface area contributed by atoms with Gasteiger partial charge in [0.15, 0.2) is 0 Å². The van der Waals surface area contributed by atoms with Gasteiger partial charge in [0.25, 0.3) is 33.4 Å². The number of sulfone groups is 3. The highest BCUT2D eigenvalue weighted by molar-refractivity contribution is 8.25. The van der Waals surface area contributed by atoms with Crippen LogP contribution in [0.3, 0.4) is 0 Å². The van der Waals surface area contributed by atoms with E-state index in [-0.39, 0.29) is 19.3 Å². The van der Waals surface area contributed by atoms with Gasteiger partial charge in [-0.05, 0) is 57.8 Å². The van der Waals surface area contributed by atoms with Crippen LogP contribution in [0, 0.1) is 11.8 Å². The highest BCUT2D eigenvalue weighted by Gasteiger charge is 2.94. The first-order valence-electron chi connectivity index (χ1n) is 12.6. The number of nitrogens with one attached hydrogen (secondary N) is 1. The highest BCUT2D eigenvalue weighted by Crippen LogP contribution is 2.62. The van der Waals surface area contributed by atoms with Crippen LogP contribution in [-0.4, -0.2) is 87.5 Å². The van der Waals surface area contributed by atoms with Gasteiger partial charge in [-0.25, -0.2) is 25.3 Å². The van der Waals surface area contributed by atoms with Crippen LogP contribution in [0.25, 0.3) is 0 Å². The van der Waals surface area contributed by atoms with E-state index in [9.17, 15) is 91.2 Å². The van der Waals surface area contributed by atoms with Gasteiger partial charge in [0.2, 0.25) is 5.91 Å². The summed E-state index contributed by atoms with van der Waals surface area (Å²) in [5.74, 6) is -17.6. The van der Waals surface area contributed by atoms with Crippen LogP contribution in [0.4, 0.5) is 52.7 Å². The molecule has 1 aliphatic heterocycles. The Kier molecular flexibility index (Phi) is 8.86. The fourth-order valence-electron chi connectivity index (χ4n) is 6.42. The molecule has 2 bridgehead atoms. The maximum absolute atomic E-state index is 14.9. The molecule has 3 fully saturated rings. The van der Waals surface area contributed by atoms with Gasteiger partial charge in [0, 0.05) is 12.5 Å². The van der Waals surface area contributed by atoms with Crippen LogP contribution < -0.4 is 5.32 Å². The Balaban J connectivity index is 2.07. The number of alkyl halides is 12. The molecule has 0 aromatic carbocycles. The van der Waals surface area contributed by atoms with Crippen LogP contribution in [0.15, 0.2) is 0 Å². The highest BCUT2D eigenvalue weighted by atomic mass is 32.3. The Morgan fingerprint density at radius 2 is 1.13 bits per heavy atom. The molecule has 2 atom stereocenters. The molecule has 2 unspecified atom stereocenters. The minimum atomic E-state index is -9.04. The van der Waals surface area contributed by atoms with E-state index in [1.807, 2.05) is 0 Å². The van der Waals surface area contributed by atoms with Crippen molar-refractivity contribution in [3.8, 4) is 0 Å². The molecule has 3 rings (SSSR count). The van der Waals surface area contributed by atoms with E-state index >= 15 is 0 Å². The fourth-order valence-corrected chi connectivity index (χ4v) is 16.1. The molecule has 27 heteroatoms. The van der Waals surface area contributed by atoms with Crippen molar-refractivity contribution in [1.82, 2.24) is 5.32 Å². The molecule has 3 aliphatic rings. The number of carbonyl (C=O) groups excluding carboxylic acids is 1. The van der Waals surface area contributed by atoms with Gasteiger partial charge in [-0.15, -0.1) is 0 Å². The molecule has 1 saturated heterocycles. The summed E-state index contributed by atoms with van der Waals surface area (Å²) in [5, 5.41) is -28.4. The fraction of sp³-hybridized carbons (Fsp3) is 0.950. The molecule has 0 spiro atoms. The molecule has 1 amide bonds. The Labute approximate surface area is 258 Å². The molecule has 0 radical (unpaired) electrons. The van der Waals surface area contributed by atoms with Crippen LogP contribution in [-0.2, 0) is 48.6 Å². The average Bonchev–Trinajstić information content (AvgIpc) is 2.79. The van der Waals surface area contributed by atoms with Gasteiger partial charge in [-0.3, -0.25) is 8.98 Å². The van der Waals surface area contributed by atoms with Crippen LogP contribution in [0.5, 0.6) is 0 Å². The minimum absolute atomic E-state index is 0.0313. The average molecular weight is 794 g/mol. The quantitative estimate of drug-likeness (QED) is 0.284. The van der Waals surface area contributed by atoms with Crippen LogP contribution in [0.2, 0.25) is 0 Å². The van der Waals surface area contributed by atoms with Gasteiger partial charge < -0.3 is 5.32 Å². The summed E-state index contributed by atoms with van der Waals surface area (Å²) in [5.41, 5.74) is -3.37. The van der Waals surface area contributed by atoms with Crippen molar-refractivity contribution in [3.63, 3.8) is 0 Å². The van der Waals surface area contributed by atoms with E-state index in [2.05, 4.69) is 9.50 Å². The first-order valence-corrected chi connectivity index (χ1v) is 18.6. The minimum Gasteiger partial charge on any atom is -0.351 e. The van der Waals surface area contributed by atoms with E-state index in [1.165, 1.54) is 0 Å². The second-order valence-corrected chi connectivity index (χ2v) is 20.9. The Bertz CT molecular complexity index is 1720. The summed E-state index contributed by atoms with van der Waals surface area (Å²) in [7, 11) is -33.7. The summed E-state index contributed by atoms with van der Waals surface area (Å²) in [4.78, 5) is 11.5. The van der Waals surface area contributed by atoms with Crippen molar-refractivity contribution in [2.24, 2.45) is 11.8 Å². The number of carbonyl (C=O) groups is 1. The number of fused-ring (bicyclic) bond motifs is 2. The van der Waals surface area contributed by atoms with Crippen molar-refractivity contribution in [2.45, 2.75) is 101 Å². The molecule has 1 N–H and O–H groups in total. The topological polar surface area (TPSA) is 175 Å². The normalized spacial score (nSPS) is 33.9. The first-order chi connectivity index (χ1) is 20.4. The van der Waals surface area contributed by atoms with E-state index in [1.54, 1.807) is 6.92 Å². The molecule has 0 aromatic rings. The number of rotatable bonds is 8. The molecular formula is C20H23F12NO10S4. The lowest BCUT2D eigenvalue weighted by Gasteiger charge is -2.51. The van der Waals surface area contributed by atoms with E-state index in [0.717, 1.165) is 13.8 Å². The molecule has 2 saturated carbocycles. The standard InChI is InChI=1S/C20H23F12NO10S4/c1-9(34)33-13(2)5-10-4-11(6-13)8-14(3,7-10)43-47(41,42)20(31,32)16(23,24)19(29,30)46(39,40)12-44(35,36)17(25,26)15(21,22)18(27,28)45(12,37)38/h10-12H,4-8H2,1-3H3,(H,33,34).